The van der Waals surface area contributed by atoms with Crippen LogP contribution in [0.5, 0.6) is 0 Å². The molecule has 0 spiro atoms. The maximum absolute atomic E-state index is 6.13. The third-order valence-corrected chi connectivity index (χ3v) is 3.85. The summed E-state index contributed by atoms with van der Waals surface area (Å²) in [4.78, 5) is 11.2. The largest absolute Gasteiger partial charge is 0.375 e. The molecule has 0 aliphatic carbocycles. The van der Waals surface area contributed by atoms with Crippen molar-refractivity contribution >= 4 is 5.96 Å². The van der Waals surface area contributed by atoms with E-state index < -0.39 is 0 Å². The molecule has 5 nitrogen and oxygen atoms in total. The molecular weight excluding hydrogens is 264 g/mol. The molecule has 1 aliphatic heterocycles. The van der Waals surface area contributed by atoms with E-state index in [2.05, 4.69) is 48.6 Å². The topological polar surface area (TPSA) is 63.7 Å². The highest BCUT2D eigenvalue weighted by atomic mass is 16.5. The first-order chi connectivity index (χ1) is 9.90. The lowest BCUT2D eigenvalue weighted by atomic mass is 9.86. The molecule has 0 amide bonds. The maximum atomic E-state index is 6.13. The van der Waals surface area contributed by atoms with Crippen LogP contribution < -0.4 is 5.73 Å². The molecule has 1 atom stereocenters. The Labute approximate surface area is 127 Å². The van der Waals surface area contributed by atoms with Gasteiger partial charge in [0.2, 0.25) is 0 Å². The number of nitrogens with zero attached hydrogens (tertiary/aromatic N) is 3. The number of hydrogen-bond donors (Lipinski definition) is 1. The molecule has 1 aromatic heterocycles. The average Bonchev–Trinajstić information content (AvgIpc) is 2.45. The first-order valence-electron chi connectivity index (χ1n) is 7.49. The van der Waals surface area contributed by atoms with E-state index in [1.807, 2.05) is 12.3 Å². The molecule has 0 saturated carbocycles. The quantitative estimate of drug-likeness (QED) is 0.680. The number of hydrogen-bond acceptors (Lipinski definition) is 3. The minimum Gasteiger partial charge on any atom is -0.375 e. The van der Waals surface area contributed by atoms with Crippen molar-refractivity contribution in [1.29, 1.82) is 0 Å². The summed E-state index contributed by atoms with van der Waals surface area (Å²) in [6, 6.07) is 4.04. The average molecular weight is 290 g/mol. The second-order valence-corrected chi connectivity index (χ2v) is 6.35. The van der Waals surface area contributed by atoms with E-state index in [1.54, 1.807) is 0 Å². The van der Waals surface area contributed by atoms with Gasteiger partial charge in [-0.2, -0.15) is 0 Å². The number of morpholine rings is 1. The fraction of sp³-hybridized carbons (Fsp3) is 0.625. The van der Waals surface area contributed by atoms with E-state index >= 15 is 0 Å². The Bertz CT molecular complexity index is 513. The summed E-state index contributed by atoms with van der Waals surface area (Å²) in [5.74, 6) is 0.604. The van der Waals surface area contributed by atoms with E-state index in [9.17, 15) is 0 Å². The number of aliphatic imine (C=N–C) groups is 1. The normalized spacial score (nSPS) is 20.7. The van der Waals surface area contributed by atoms with Crippen molar-refractivity contribution in [2.45, 2.75) is 39.2 Å². The molecule has 2 heterocycles. The van der Waals surface area contributed by atoms with Crippen LogP contribution in [0.15, 0.2) is 23.3 Å². The van der Waals surface area contributed by atoms with Gasteiger partial charge in [0.25, 0.3) is 0 Å². The molecule has 1 saturated heterocycles. The van der Waals surface area contributed by atoms with E-state index in [-0.39, 0.29) is 11.5 Å². The van der Waals surface area contributed by atoms with Gasteiger partial charge in [0.05, 0.1) is 24.9 Å². The van der Waals surface area contributed by atoms with E-state index in [1.165, 1.54) is 5.56 Å². The Morgan fingerprint density at radius 3 is 3.00 bits per heavy atom. The first kappa shape index (κ1) is 15.8. The molecule has 2 N–H and O–H groups in total. The van der Waals surface area contributed by atoms with Crippen molar-refractivity contribution in [1.82, 2.24) is 9.88 Å². The smallest absolute Gasteiger partial charge is 0.191 e. The highest BCUT2D eigenvalue weighted by molar-refractivity contribution is 5.78. The highest BCUT2D eigenvalue weighted by Crippen LogP contribution is 2.24. The predicted molar refractivity (Wildman–Crippen MR) is 85.5 cm³/mol. The van der Waals surface area contributed by atoms with Crippen LogP contribution in [0.2, 0.25) is 0 Å². The molecule has 5 heteroatoms. The highest BCUT2D eigenvalue weighted by Gasteiger charge is 2.25. The maximum Gasteiger partial charge on any atom is 0.191 e. The van der Waals surface area contributed by atoms with Crippen LogP contribution in [-0.4, -0.2) is 48.2 Å². The Balaban J connectivity index is 2.06. The lowest BCUT2D eigenvalue weighted by Gasteiger charge is -2.32. The summed E-state index contributed by atoms with van der Waals surface area (Å²) in [6.45, 7) is 11.4. The van der Waals surface area contributed by atoms with Gasteiger partial charge in [-0.15, -0.1) is 0 Å². The van der Waals surface area contributed by atoms with Crippen molar-refractivity contribution in [3.8, 4) is 0 Å². The number of pyridine rings is 1. The fourth-order valence-corrected chi connectivity index (χ4v) is 2.67. The van der Waals surface area contributed by atoms with Crippen molar-refractivity contribution in [3.63, 3.8) is 0 Å². The van der Waals surface area contributed by atoms with Crippen molar-refractivity contribution in [2.24, 2.45) is 10.7 Å². The molecule has 0 bridgehead atoms. The zero-order chi connectivity index (χ0) is 15.5. The lowest BCUT2D eigenvalue weighted by Crippen LogP contribution is -2.48. The summed E-state index contributed by atoms with van der Waals surface area (Å²) < 4.78 is 5.53. The van der Waals surface area contributed by atoms with Crippen molar-refractivity contribution < 1.29 is 4.74 Å². The van der Waals surface area contributed by atoms with E-state index in [0.717, 1.165) is 18.8 Å². The molecule has 21 heavy (non-hydrogen) atoms. The second-order valence-electron chi connectivity index (χ2n) is 6.35. The van der Waals surface area contributed by atoms with Gasteiger partial charge in [0.15, 0.2) is 5.96 Å². The lowest BCUT2D eigenvalue weighted by molar-refractivity contribution is 0.00527. The molecule has 1 aromatic rings. The van der Waals surface area contributed by atoms with Gasteiger partial charge in [0, 0.05) is 24.7 Å². The Hall–Kier alpha value is -1.62. The molecule has 1 aliphatic rings. The standard InChI is InChI=1S/C16H26N4O/c1-12-6-5-7-18-14(12)16(3,4)11-19-15(17)20-8-9-21-13(2)10-20/h5-7,13H,8-11H2,1-4H3,(H2,17,19). The van der Waals surface area contributed by atoms with Gasteiger partial charge in [-0.05, 0) is 25.5 Å². The van der Waals surface area contributed by atoms with Gasteiger partial charge < -0.3 is 15.4 Å². The Morgan fingerprint density at radius 2 is 2.33 bits per heavy atom. The number of guanidine groups is 1. The third kappa shape index (κ3) is 3.94. The van der Waals surface area contributed by atoms with Crippen LogP contribution >= 0.6 is 0 Å². The second kappa shape index (κ2) is 6.43. The van der Waals surface area contributed by atoms with E-state index in [4.69, 9.17) is 10.5 Å². The van der Waals surface area contributed by atoms with Crippen LogP contribution in [0.3, 0.4) is 0 Å². The molecular formula is C16H26N4O. The van der Waals surface area contributed by atoms with Crippen LogP contribution in [-0.2, 0) is 10.2 Å². The van der Waals surface area contributed by atoms with Crippen molar-refractivity contribution in [2.75, 3.05) is 26.2 Å². The Kier molecular flexibility index (Phi) is 4.83. The summed E-state index contributed by atoms with van der Waals surface area (Å²) in [6.07, 6.45) is 2.04. The zero-order valence-electron chi connectivity index (χ0n) is 13.5. The molecule has 116 valence electrons. The van der Waals surface area contributed by atoms with Gasteiger partial charge in [0.1, 0.15) is 0 Å². The fourth-order valence-electron chi connectivity index (χ4n) is 2.67. The SMILES string of the molecule is Cc1cccnc1C(C)(C)CN=C(N)N1CCOC(C)C1. The predicted octanol–water partition coefficient (Wildman–Crippen LogP) is 1.70. The molecule has 0 aromatic carbocycles. The molecule has 2 rings (SSSR count). The summed E-state index contributed by atoms with van der Waals surface area (Å²) in [5, 5.41) is 0. The summed E-state index contributed by atoms with van der Waals surface area (Å²) in [7, 11) is 0. The van der Waals surface area contributed by atoms with Gasteiger partial charge >= 0.3 is 0 Å². The summed E-state index contributed by atoms with van der Waals surface area (Å²) in [5.41, 5.74) is 8.27. The molecule has 1 unspecified atom stereocenters. The zero-order valence-corrected chi connectivity index (χ0v) is 13.5. The first-order valence-corrected chi connectivity index (χ1v) is 7.49. The summed E-state index contributed by atoms with van der Waals surface area (Å²) >= 11 is 0. The number of aromatic nitrogens is 1. The minimum absolute atomic E-state index is 0.131. The van der Waals surface area contributed by atoms with Crippen LogP contribution in [0.4, 0.5) is 0 Å². The van der Waals surface area contributed by atoms with Crippen molar-refractivity contribution in [3.05, 3.63) is 29.6 Å². The van der Waals surface area contributed by atoms with Gasteiger partial charge in [-0.25, -0.2) is 0 Å². The van der Waals surface area contributed by atoms with Crippen LogP contribution in [0, 0.1) is 6.92 Å². The van der Waals surface area contributed by atoms with Crippen LogP contribution in [0.25, 0.3) is 0 Å². The van der Waals surface area contributed by atoms with Gasteiger partial charge in [-0.1, -0.05) is 19.9 Å². The van der Waals surface area contributed by atoms with E-state index in [0.29, 0.717) is 19.1 Å². The third-order valence-electron chi connectivity index (χ3n) is 3.85. The number of rotatable bonds is 3. The van der Waals surface area contributed by atoms with Crippen LogP contribution in [0.1, 0.15) is 32.0 Å². The number of aryl methyl sites for hydroxylation is 1. The monoisotopic (exact) mass is 290 g/mol. The van der Waals surface area contributed by atoms with Gasteiger partial charge in [-0.3, -0.25) is 9.98 Å². The minimum atomic E-state index is -0.131. The molecule has 1 fully saturated rings. The number of ether oxygens (including phenoxy) is 1. The Morgan fingerprint density at radius 1 is 1.57 bits per heavy atom. The molecule has 0 radical (unpaired) electrons. The number of nitrogens with two attached hydrogens (primary N) is 1.